The van der Waals surface area contributed by atoms with Gasteiger partial charge in [-0.3, -0.25) is 0 Å². The summed E-state index contributed by atoms with van der Waals surface area (Å²) in [5.41, 5.74) is 0.470. The Balaban J connectivity index is 0.00000676. The Morgan fingerprint density at radius 1 is 1.07 bits per heavy atom. The van der Waals surface area contributed by atoms with Crippen molar-refractivity contribution in [2.75, 3.05) is 13.7 Å². The topological polar surface area (TPSA) is 65.6 Å². The highest BCUT2D eigenvalue weighted by molar-refractivity contribution is 5.89. The van der Waals surface area contributed by atoms with Crippen molar-refractivity contribution in [3.05, 3.63) is 30.1 Å². The standard InChI is InChI=1S/C21H34N2O3.ClH/c1-3-4-5-6-7-8-9-10-11-12-16-26-20(24)18-23-15-13-14-19(17-23)21(25)22-2;/h13-15,17H,3-12,16,18H2,1-2H3;1H. The minimum absolute atomic E-state index is 0. The van der Waals surface area contributed by atoms with Gasteiger partial charge in [0.1, 0.15) is 0 Å². The normalized spacial score (nSPS) is 11.1. The van der Waals surface area contributed by atoms with E-state index < -0.39 is 0 Å². The van der Waals surface area contributed by atoms with Gasteiger partial charge in [0.25, 0.3) is 0 Å². The first-order chi connectivity index (χ1) is 12.7. The number of unbranched alkanes of at least 4 members (excludes halogenated alkanes) is 9. The number of esters is 1. The summed E-state index contributed by atoms with van der Waals surface area (Å²) >= 11 is 0. The van der Waals surface area contributed by atoms with Gasteiger partial charge in [-0.2, -0.15) is 4.57 Å². The first-order valence-corrected chi connectivity index (χ1v) is 9.96. The van der Waals surface area contributed by atoms with E-state index in [4.69, 9.17) is 4.74 Å². The Hall–Kier alpha value is -1.62. The van der Waals surface area contributed by atoms with Crippen LogP contribution < -0.4 is 9.67 Å². The minimum Gasteiger partial charge on any atom is -0.858 e. The summed E-state index contributed by atoms with van der Waals surface area (Å²) in [6.45, 7) is 2.83. The van der Waals surface area contributed by atoms with Gasteiger partial charge in [-0.1, -0.05) is 64.7 Å². The van der Waals surface area contributed by atoms with Crippen molar-refractivity contribution < 1.29 is 19.2 Å². The highest BCUT2D eigenvalue weighted by Crippen LogP contribution is 2.10. The molecule has 0 radical (unpaired) electrons. The highest BCUT2D eigenvalue weighted by Gasteiger charge is 2.11. The second-order valence-corrected chi connectivity index (χ2v) is 6.70. The van der Waals surface area contributed by atoms with E-state index in [1.54, 1.807) is 29.1 Å². The number of aromatic nitrogens is 1. The molecule has 1 rings (SSSR count). The fourth-order valence-electron chi connectivity index (χ4n) is 2.85. The smallest absolute Gasteiger partial charge is 0.372 e. The maximum Gasteiger partial charge on any atom is 0.372 e. The number of nitrogens with zero attached hydrogens (tertiary/aromatic N) is 2. The molecular formula is C21H35ClN2O3. The summed E-state index contributed by atoms with van der Waals surface area (Å²) in [7, 11) is 1.46. The third-order valence-electron chi connectivity index (χ3n) is 4.38. The van der Waals surface area contributed by atoms with Gasteiger partial charge in [0.2, 0.25) is 6.54 Å². The largest absolute Gasteiger partial charge is 0.858 e. The van der Waals surface area contributed by atoms with Crippen LogP contribution in [-0.4, -0.2) is 25.5 Å². The van der Waals surface area contributed by atoms with Crippen molar-refractivity contribution in [2.24, 2.45) is 4.99 Å². The van der Waals surface area contributed by atoms with Crippen LogP contribution in [0.3, 0.4) is 0 Å². The van der Waals surface area contributed by atoms with Crippen LogP contribution in [0.4, 0.5) is 0 Å². The average Bonchev–Trinajstić information content (AvgIpc) is 2.65. The maximum absolute atomic E-state index is 11.9. The number of pyridine rings is 1. The summed E-state index contributed by atoms with van der Waals surface area (Å²) in [5.74, 6) is -0.568. The quantitative estimate of drug-likeness (QED) is 0.158. The fraction of sp³-hybridized carbons (Fsp3) is 0.667. The van der Waals surface area contributed by atoms with Crippen molar-refractivity contribution in [3.63, 3.8) is 0 Å². The van der Waals surface area contributed by atoms with E-state index in [1.165, 1.54) is 58.4 Å². The van der Waals surface area contributed by atoms with Gasteiger partial charge in [-0.15, -0.1) is 12.4 Å². The van der Waals surface area contributed by atoms with Crippen LogP contribution >= 0.6 is 12.4 Å². The predicted octanol–water partition coefficient (Wildman–Crippen LogP) is 3.60. The van der Waals surface area contributed by atoms with Crippen LogP contribution in [0.5, 0.6) is 0 Å². The van der Waals surface area contributed by atoms with Crippen LogP contribution in [0.2, 0.25) is 0 Å². The number of hydrogen-bond acceptors (Lipinski definition) is 4. The lowest BCUT2D eigenvalue weighted by Crippen LogP contribution is -2.39. The Morgan fingerprint density at radius 3 is 2.26 bits per heavy atom. The van der Waals surface area contributed by atoms with Gasteiger partial charge < -0.3 is 14.8 Å². The number of carbonyl (C=O) groups is 1. The molecule has 0 saturated carbocycles. The zero-order valence-electron chi connectivity index (χ0n) is 16.8. The van der Waals surface area contributed by atoms with Crippen LogP contribution in [0, 0.1) is 0 Å². The molecule has 0 amide bonds. The molecule has 0 aliphatic carbocycles. The molecule has 0 unspecified atom stereocenters. The molecule has 6 heteroatoms. The lowest BCUT2D eigenvalue weighted by molar-refractivity contribution is -0.686. The molecule has 0 aliphatic rings. The molecule has 27 heavy (non-hydrogen) atoms. The summed E-state index contributed by atoms with van der Waals surface area (Å²) in [4.78, 5) is 15.5. The van der Waals surface area contributed by atoms with Crippen LogP contribution in [0.25, 0.3) is 0 Å². The first-order valence-electron chi connectivity index (χ1n) is 9.96. The van der Waals surface area contributed by atoms with Gasteiger partial charge in [-0.25, -0.2) is 4.79 Å². The molecule has 1 aromatic rings. The maximum atomic E-state index is 11.9. The van der Waals surface area contributed by atoms with Crippen molar-refractivity contribution in [2.45, 2.75) is 77.7 Å². The SMILES string of the molecule is CCCCCCCCCCCCOC(=O)C[n+]1cccc(C([O-])=NC)c1.Cl. The zero-order valence-corrected chi connectivity index (χ0v) is 17.6. The number of halogens is 1. The number of ether oxygens (including phenoxy) is 1. The molecule has 154 valence electrons. The van der Waals surface area contributed by atoms with Crippen molar-refractivity contribution in [1.29, 1.82) is 0 Å². The predicted molar refractivity (Wildman–Crippen MR) is 109 cm³/mol. The van der Waals surface area contributed by atoms with Crippen molar-refractivity contribution >= 4 is 24.3 Å². The number of carbonyl (C=O) groups excluding carboxylic acids is 1. The molecular weight excluding hydrogens is 364 g/mol. The Morgan fingerprint density at radius 2 is 1.67 bits per heavy atom. The Kier molecular flexibility index (Phi) is 15.6. The van der Waals surface area contributed by atoms with Gasteiger partial charge in [0, 0.05) is 18.7 Å². The molecule has 0 saturated heterocycles. The molecule has 0 spiro atoms. The van der Waals surface area contributed by atoms with E-state index in [2.05, 4.69) is 11.9 Å². The van der Waals surface area contributed by atoms with E-state index >= 15 is 0 Å². The van der Waals surface area contributed by atoms with E-state index in [9.17, 15) is 9.90 Å². The van der Waals surface area contributed by atoms with Crippen molar-refractivity contribution in [1.82, 2.24) is 0 Å². The lowest BCUT2D eigenvalue weighted by Gasteiger charge is -2.08. The van der Waals surface area contributed by atoms with Gasteiger partial charge in [0.05, 0.1) is 6.61 Å². The third kappa shape index (κ3) is 12.4. The second-order valence-electron chi connectivity index (χ2n) is 6.70. The molecule has 1 aromatic heterocycles. The number of aliphatic imine (C=N–C) groups is 1. The van der Waals surface area contributed by atoms with Crippen LogP contribution in [0.1, 0.15) is 76.7 Å². The molecule has 0 aliphatic heterocycles. The molecule has 0 atom stereocenters. The average molecular weight is 399 g/mol. The third-order valence-corrected chi connectivity index (χ3v) is 4.38. The monoisotopic (exact) mass is 398 g/mol. The van der Waals surface area contributed by atoms with Crippen LogP contribution in [-0.2, 0) is 16.1 Å². The highest BCUT2D eigenvalue weighted by atomic mass is 35.5. The Labute approximate surface area is 170 Å². The van der Waals surface area contributed by atoms with E-state index in [-0.39, 0.29) is 30.8 Å². The Bertz CT molecular complexity index is 550. The van der Waals surface area contributed by atoms with Gasteiger partial charge >= 0.3 is 5.97 Å². The number of hydrogen-bond donors (Lipinski definition) is 0. The number of rotatable bonds is 14. The van der Waals surface area contributed by atoms with E-state index in [0.29, 0.717) is 12.2 Å². The summed E-state index contributed by atoms with van der Waals surface area (Å²) in [5, 5.41) is 11.5. The second kappa shape index (κ2) is 16.5. The van der Waals surface area contributed by atoms with Crippen LogP contribution in [0.15, 0.2) is 29.5 Å². The molecule has 0 N–H and O–H groups in total. The molecule has 0 fully saturated rings. The minimum atomic E-state index is -0.293. The zero-order chi connectivity index (χ0) is 19.0. The summed E-state index contributed by atoms with van der Waals surface area (Å²) in [6.07, 6.45) is 15.9. The molecule has 0 aromatic carbocycles. The molecule has 5 nitrogen and oxygen atoms in total. The summed E-state index contributed by atoms with van der Waals surface area (Å²) < 4.78 is 6.93. The van der Waals surface area contributed by atoms with Crippen molar-refractivity contribution in [3.8, 4) is 0 Å². The first kappa shape index (κ1) is 25.4. The van der Waals surface area contributed by atoms with Gasteiger partial charge in [-0.05, 0) is 18.4 Å². The lowest BCUT2D eigenvalue weighted by atomic mass is 10.1. The summed E-state index contributed by atoms with van der Waals surface area (Å²) in [6, 6.07) is 3.41. The van der Waals surface area contributed by atoms with E-state index in [0.717, 1.165) is 12.8 Å². The fourth-order valence-corrected chi connectivity index (χ4v) is 2.85. The molecule has 1 heterocycles. The van der Waals surface area contributed by atoms with E-state index in [1.807, 2.05) is 0 Å². The van der Waals surface area contributed by atoms with Gasteiger partial charge in [0.15, 0.2) is 12.4 Å². The molecule has 0 bridgehead atoms.